The van der Waals surface area contributed by atoms with Crippen molar-refractivity contribution < 1.29 is 5.21 Å². The molecule has 0 amide bonds. The monoisotopic (exact) mass is 59.0 g/mol. The zero-order valence-corrected chi connectivity index (χ0v) is 2.23. The first-order valence-corrected chi connectivity index (χ1v) is 0.921. The fraction of sp³-hybridized carbons (Fsp3) is 0. The lowest BCUT2D eigenvalue weighted by Crippen LogP contribution is -1.89. The third-order valence-corrected chi connectivity index (χ3v) is 0.0913. The maximum atomic E-state index is 7.51. The molecule has 0 heterocycles. The summed E-state index contributed by atoms with van der Waals surface area (Å²) in [7, 11) is 0. The van der Waals surface area contributed by atoms with Crippen LogP contribution in [-0.4, -0.2) is 5.21 Å². The molecular formula is C2H5NO. The third-order valence-electron chi connectivity index (χ3n) is 0.0913. The predicted octanol–water partition coefficient (Wildman–Crippen LogP) is 0.109. The summed E-state index contributed by atoms with van der Waals surface area (Å²) in [4.78, 5) is 0. The molecule has 0 bridgehead atoms. The van der Waals surface area contributed by atoms with Crippen LogP contribution in [-0.2, 0) is 0 Å². The zero-order chi connectivity index (χ0) is 3.41. The molecule has 2 nitrogen and oxygen atoms in total. The molecule has 0 fully saturated rings. The highest BCUT2D eigenvalue weighted by molar-refractivity contribution is 4.50. The molecule has 0 spiro atoms. The number of hydrogen-bond acceptors (Lipinski definition) is 2. The van der Waals surface area contributed by atoms with Crippen LogP contribution in [0.4, 0.5) is 0 Å². The molecule has 0 saturated carbocycles. The Labute approximate surface area is 24.7 Å². The Morgan fingerprint density at radius 2 is 2.25 bits per heavy atom. The fourth-order valence-electron chi connectivity index (χ4n) is 0. The maximum Gasteiger partial charge on any atom is 0.0168 e. The quantitative estimate of drug-likeness (QED) is 0.420. The van der Waals surface area contributed by atoms with E-state index in [0.717, 1.165) is 0 Å². The number of nitrogens with one attached hydrogen (secondary N) is 1. The normalized spacial score (nSPS) is 5.25. The summed E-state index contributed by atoms with van der Waals surface area (Å²) in [6.45, 7) is 3.12. The van der Waals surface area contributed by atoms with E-state index in [9.17, 15) is 0 Å². The molecule has 0 rings (SSSR count). The Morgan fingerprint density at radius 3 is 2.25 bits per heavy atom. The SMILES string of the molecule is C=CNO. The minimum absolute atomic E-state index is 1.18. The van der Waals surface area contributed by atoms with Gasteiger partial charge in [-0.15, -0.1) is 0 Å². The topological polar surface area (TPSA) is 32.3 Å². The first-order valence-electron chi connectivity index (χ1n) is 0.921. The molecule has 0 aromatic heterocycles. The largest absolute Gasteiger partial charge is 0.292 e. The van der Waals surface area contributed by atoms with Gasteiger partial charge in [0, 0.05) is 6.20 Å². The summed E-state index contributed by atoms with van der Waals surface area (Å²) in [5.41, 5.74) is 1.69. The Hall–Kier alpha value is -0.500. The molecule has 24 valence electrons. The Bertz CT molecular complexity index is 20.0. The van der Waals surface area contributed by atoms with Gasteiger partial charge >= 0.3 is 0 Å². The predicted molar refractivity (Wildman–Crippen MR) is 15.1 cm³/mol. The fourth-order valence-corrected chi connectivity index (χ4v) is 0. The van der Waals surface area contributed by atoms with Gasteiger partial charge in [0.2, 0.25) is 0 Å². The van der Waals surface area contributed by atoms with Crippen molar-refractivity contribution in [2.24, 2.45) is 0 Å². The summed E-state index contributed by atoms with van der Waals surface area (Å²) in [6, 6.07) is 0. The molecule has 0 radical (unpaired) electrons. The molecule has 0 unspecified atom stereocenters. The van der Waals surface area contributed by atoms with Gasteiger partial charge in [-0.2, -0.15) is 0 Å². The second-order valence-corrected chi connectivity index (χ2v) is 0.333. The van der Waals surface area contributed by atoms with Crippen molar-refractivity contribution in [2.75, 3.05) is 0 Å². The van der Waals surface area contributed by atoms with Gasteiger partial charge in [0.25, 0.3) is 0 Å². The Balaban J connectivity index is 2.30. The first-order chi connectivity index (χ1) is 1.91. The van der Waals surface area contributed by atoms with Crippen molar-refractivity contribution in [3.63, 3.8) is 0 Å². The van der Waals surface area contributed by atoms with Crippen molar-refractivity contribution in [3.8, 4) is 0 Å². The van der Waals surface area contributed by atoms with Crippen LogP contribution >= 0.6 is 0 Å². The van der Waals surface area contributed by atoms with E-state index in [1.807, 2.05) is 0 Å². The van der Waals surface area contributed by atoms with E-state index >= 15 is 0 Å². The van der Waals surface area contributed by atoms with Crippen LogP contribution in [0.15, 0.2) is 12.8 Å². The summed E-state index contributed by atoms with van der Waals surface area (Å²) < 4.78 is 0. The van der Waals surface area contributed by atoms with Gasteiger partial charge in [0.05, 0.1) is 0 Å². The van der Waals surface area contributed by atoms with Gasteiger partial charge < -0.3 is 0 Å². The van der Waals surface area contributed by atoms with Crippen molar-refractivity contribution in [1.82, 2.24) is 5.48 Å². The van der Waals surface area contributed by atoms with Crippen molar-refractivity contribution >= 4 is 0 Å². The minimum Gasteiger partial charge on any atom is -0.292 e. The summed E-state index contributed by atoms with van der Waals surface area (Å²) >= 11 is 0. The van der Waals surface area contributed by atoms with Crippen LogP contribution in [0.1, 0.15) is 0 Å². The standard InChI is InChI=1S/C2H5NO/c1-2-3-4/h2-4H,1H2. The van der Waals surface area contributed by atoms with E-state index in [1.165, 1.54) is 6.20 Å². The molecule has 0 aliphatic rings. The van der Waals surface area contributed by atoms with Crippen LogP contribution in [0.2, 0.25) is 0 Å². The average molecular weight is 59.1 g/mol. The van der Waals surface area contributed by atoms with Crippen LogP contribution < -0.4 is 5.48 Å². The smallest absolute Gasteiger partial charge is 0.0168 e. The molecule has 0 aromatic rings. The molecule has 0 saturated heterocycles. The molecule has 0 atom stereocenters. The number of hydrogen-bond donors (Lipinski definition) is 2. The first kappa shape index (κ1) is 3.50. The Morgan fingerprint density at radius 1 is 2.00 bits per heavy atom. The molecular weight excluding hydrogens is 54.0 g/mol. The highest BCUT2D eigenvalue weighted by Gasteiger charge is 1.35. The second-order valence-electron chi connectivity index (χ2n) is 0.333. The molecule has 2 heteroatoms. The minimum atomic E-state index is 1.18. The molecule has 0 aliphatic carbocycles. The summed E-state index contributed by atoms with van der Waals surface area (Å²) in [5, 5.41) is 7.51. The third kappa shape index (κ3) is 1.50. The lowest BCUT2D eigenvalue weighted by atomic mass is 11.1. The Kier molecular flexibility index (Phi) is 2.19. The van der Waals surface area contributed by atoms with Gasteiger partial charge in [-0.05, 0) is 0 Å². The van der Waals surface area contributed by atoms with Crippen LogP contribution in [0.3, 0.4) is 0 Å². The number of hydroxylamine groups is 1. The van der Waals surface area contributed by atoms with Crippen LogP contribution in [0, 0.1) is 0 Å². The maximum absolute atomic E-state index is 7.51. The lowest BCUT2D eigenvalue weighted by Gasteiger charge is -1.70. The van der Waals surface area contributed by atoms with Crippen molar-refractivity contribution in [1.29, 1.82) is 0 Å². The number of rotatable bonds is 1. The van der Waals surface area contributed by atoms with Gasteiger partial charge in [-0.3, -0.25) is 10.7 Å². The van der Waals surface area contributed by atoms with Crippen LogP contribution in [0.25, 0.3) is 0 Å². The van der Waals surface area contributed by atoms with Crippen LogP contribution in [0.5, 0.6) is 0 Å². The van der Waals surface area contributed by atoms with Gasteiger partial charge in [-0.1, -0.05) is 6.58 Å². The molecule has 4 heavy (non-hydrogen) atoms. The van der Waals surface area contributed by atoms with E-state index in [0.29, 0.717) is 0 Å². The van der Waals surface area contributed by atoms with E-state index in [2.05, 4.69) is 6.58 Å². The van der Waals surface area contributed by atoms with E-state index in [1.54, 1.807) is 5.48 Å². The van der Waals surface area contributed by atoms with E-state index in [4.69, 9.17) is 5.21 Å². The van der Waals surface area contributed by atoms with Gasteiger partial charge in [-0.25, -0.2) is 0 Å². The molecule has 2 N–H and O–H groups in total. The molecule has 0 aromatic carbocycles. The highest BCUT2D eigenvalue weighted by Crippen LogP contribution is 1.31. The van der Waals surface area contributed by atoms with Crippen molar-refractivity contribution in [2.45, 2.75) is 0 Å². The van der Waals surface area contributed by atoms with Crippen molar-refractivity contribution in [3.05, 3.63) is 12.8 Å². The summed E-state index contributed by atoms with van der Waals surface area (Å²) in [6.07, 6.45) is 1.18. The zero-order valence-electron chi connectivity index (χ0n) is 2.23. The van der Waals surface area contributed by atoms with E-state index in [-0.39, 0.29) is 0 Å². The lowest BCUT2D eigenvalue weighted by molar-refractivity contribution is 0.215. The summed E-state index contributed by atoms with van der Waals surface area (Å²) in [5.74, 6) is 0. The average Bonchev–Trinajstić information content (AvgIpc) is 1.37. The van der Waals surface area contributed by atoms with Gasteiger partial charge in [0.1, 0.15) is 0 Å². The van der Waals surface area contributed by atoms with Gasteiger partial charge in [0.15, 0.2) is 0 Å². The highest BCUT2D eigenvalue weighted by atomic mass is 16.5. The van der Waals surface area contributed by atoms with E-state index < -0.39 is 0 Å². The second kappa shape index (κ2) is 2.50. The molecule has 0 aliphatic heterocycles.